The molecule has 0 saturated carbocycles. The lowest BCUT2D eigenvalue weighted by Gasteiger charge is -2.25. The van der Waals surface area contributed by atoms with E-state index in [9.17, 15) is 10.1 Å². The molecule has 0 aliphatic carbocycles. The third-order valence-corrected chi connectivity index (χ3v) is 2.34. The van der Waals surface area contributed by atoms with E-state index in [-0.39, 0.29) is 11.9 Å². The number of nitrogens with zero attached hydrogens (tertiary/aromatic N) is 1. The molecular formula is C10H13N3O3. The SMILES string of the molecule is O=[N+]([O-])c1ccccc1NC1CNCCO1. The van der Waals surface area contributed by atoms with Crippen molar-refractivity contribution in [1.82, 2.24) is 5.32 Å². The zero-order chi connectivity index (χ0) is 11.4. The van der Waals surface area contributed by atoms with Crippen LogP contribution in [0.1, 0.15) is 0 Å². The number of hydrogen-bond donors (Lipinski definition) is 2. The predicted molar refractivity (Wildman–Crippen MR) is 59.3 cm³/mol. The maximum Gasteiger partial charge on any atom is 0.292 e. The summed E-state index contributed by atoms with van der Waals surface area (Å²) in [6.45, 7) is 2.07. The number of nitro benzene ring substituents is 1. The first-order chi connectivity index (χ1) is 7.77. The fraction of sp³-hybridized carbons (Fsp3) is 0.400. The molecule has 1 saturated heterocycles. The molecule has 6 nitrogen and oxygen atoms in total. The zero-order valence-electron chi connectivity index (χ0n) is 8.68. The Morgan fingerprint density at radius 2 is 2.31 bits per heavy atom. The maximum atomic E-state index is 10.8. The maximum absolute atomic E-state index is 10.8. The highest BCUT2D eigenvalue weighted by molar-refractivity contribution is 5.61. The Bertz CT molecular complexity index is 377. The van der Waals surface area contributed by atoms with Gasteiger partial charge in [-0.2, -0.15) is 0 Å². The third-order valence-electron chi connectivity index (χ3n) is 2.34. The highest BCUT2D eigenvalue weighted by Gasteiger charge is 2.18. The molecule has 86 valence electrons. The summed E-state index contributed by atoms with van der Waals surface area (Å²) >= 11 is 0. The molecule has 1 unspecified atom stereocenters. The molecule has 0 bridgehead atoms. The Balaban J connectivity index is 2.10. The van der Waals surface area contributed by atoms with Gasteiger partial charge in [-0.1, -0.05) is 12.1 Å². The van der Waals surface area contributed by atoms with Crippen LogP contribution in [0.5, 0.6) is 0 Å². The van der Waals surface area contributed by atoms with Crippen LogP contribution in [0, 0.1) is 10.1 Å². The Kier molecular flexibility index (Phi) is 3.33. The normalized spacial score (nSPS) is 20.4. The van der Waals surface area contributed by atoms with E-state index in [2.05, 4.69) is 10.6 Å². The molecule has 1 fully saturated rings. The molecule has 1 aromatic carbocycles. The van der Waals surface area contributed by atoms with Gasteiger partial charge in [0.2, 0.25) is 0 Å². The number of ether oxygens (including phenoxy) is 1. The predicted octanol–water partition coefficient (Wildman–Crippen LogP) is 0.953. The largest absolute Gasteiger partial charge is 0.356 e. The molecule has 1 aliphatic rings. The Hall–Kier alpha value is -1.66. The quantitative estimate of drug-likeness (QED) is 0.589. The number of nitro groups is 1. The van der Waals surface area contributed by atoms with Gasteiger partial charge < -0.3 is 15.4 Å². The molecule has 1 heterocycles. The second kappa shape index (κ2) is 4.91. The van der Waals surface area contributed by atoms with E-state index in [4.69, 9.17) is 4.74 Å². The first-order valence-corrected chi connectivity index (χ1v) is 5.09. The monoisotopic (exact) mass is 223 g/mol. The van der Waals surface area contributed by atoms with Gasteiger partial charge in [-0.05, 0) is 6.07 Å². The number of para-hydroxylation sites is 2. The molecule has 0 aromatic heterocycles. The average molecular weight is 223 g/mol. The van der Waals surface area contributed by atoms with E-state index in [1.165, 1.54) is 6.07 Å². The van der Waals surface area contributed by atoms with Gasteiger partial charge in [-0.25, -0.2) is 0 Å². The molecule has 1 atom stereocenters. The van der Waals surface area contributed by atoms with Crippen molar-refractivity contribution in [3.8, 4) is 0 Å². The van der Waals surface area contributed by atoms with Crippen molar-refractivity contribution in [3.63, 3.8) is 0 Å². The lowest BCUT2D eigenvalue weighted by atomic mass is 10.2. The lowest BCUT2D eigenvalue weighted by Crippen LogP contribution is -2.42. The lowest BCUT2D eigenvalue weighted by molar-refractivity contribution is -0.384. The van der Waals surface area contributed by atoms with E-state index >= 15 is 0 Å². The van der Waals surface area contributed by atoms with Crippen molar-refractivity contribution < 1.29 is 9.66 Å². The molecule has 16 heavy (non-hydrogen) atoms. The van der Waals surface area contributed by atoms with Crippen LogP contribution in [0.15, 0.2) is 24.3 Å². The molecule has 0 radical (unpaired) electrons. The molecular weight excluding hydrogens is 210 g/mol. The van der Waals surface area contributed by atoms with Gasteiger partial charge in [0, 0.05) is 19.2 Å². The number of morpholine rings is 1. The summed E-state index contributed by atoms with van der Waals surface area (Å²) < 4.78 is 5.42. The Labute approximate surface area is 92.8 Å². The smallest absolute Gasteiger partial charge is 0.292 e. The standard InChI is InChI=1S/C10H13N3O3/c14-13(15)9-4-2-1-3-8(9)12-10-7-11-5-6-16-10/h1-4,10-12H,5-7H2. The van der Waals surface area contributed by atoms with Crippen LogP contribution in [0.4, 0.5) is 11.4 Å². The van der Waals surface area contributed by atoms with Gasteiger partial charge in [-0.3, -0.25) is 10.1 Å². The van der Waals surface area contributed by atoms with E-state index in [1.807, 2.05) is 0 Å². The molecule has 2 rings (SSSR count). The molecule has 2 N–H and O–H groups in total. The molecule has 0 amide bonds. The van der Waals surface area contributed by atoms with E-state index in [1.54, 1.807) is 18.2 Å². The van der Waals surface area contributed by atoms with Crippen LogP contribution in [-0.4, -0.2) is 30.8 Å². The summed E-state index contributed by atoms with van der Waals surface area (Å²) in [5.41, 5.74) is 0.554. The number of nitrogens with one attached hydrogen (secondary N) is 2. The Morgan fingerprint density at radius 3 is 3.00 bits per heavy atom. The molecule has 0 spiro atoms. The van der Waals surface area contributed by atoms with Crippen molar-refractivity contribution in [2.45, 2.75) is 6.23 Å². The van der Waals surface area contributed by atoms with Crippen LogP contribution in [0.3, 0.4) is 0 Å². The number of hydrogen-bond acceptors (Lipinski definition) is 5. The minimum Gasteiger partial charge on any atom is -0.356 e. The van der Waals surface area contributed by atoms with Crippen LogP contribution in [0.25, 0.3) is 0 Å². The topological polar surface area (TPSA) is 76.4 Å². The van der Waals surface area contributed by atoms with Crippen LogP contribution < -0.4 is 10.6 Å². The number of rotatable bonds is 3. The van der Waals surface area contributed by atoms with Crippen molar-refractivity contribution in [2.75, 3.05) is 25.0 Å². The van der Waals surface area contributed by atoms with Crippen LogP contribution >= 0.6 is 0 Å². The van der Waals surface area contributed by atoms with Gasteiger partial charge >= 0.3 is 0 Å². The first kappa shape index (κ1) is 10.8. The fourth-order valence-electron chi connectivity index (χ4n) is 1.59. The highest BCUT2D eigenvalue weighted by atomic mass is 16.6. The van der Waals surface area contributed by atoms with Gasteiger partial charge in [0.15, 0.2) is 0 Å². The van der Waals surface area contributed by atoms with Crippen molar-refractivity contribution in [2.24, 2.45) is 0 Å². The number of anilines is 1. The molecule has 1 aromatic rings. The van der Waals surface area contributed by atoms with E-state index in [0.29, 0.717) is 18.8 Å². The van der Waals surface area contributed by atoms with E-state index < -0.39 is 4.92 Å². The Morgan fingerprint density at radius 1 is 1.50 bits per heavy atom. The van der Waals surface area contributed by atoms with Crippen molar-refractivity contribution in [1.29, 1.82) is 0 Å². The number of benzene rings is 1. The van der Waals surface area contributed by atoms with Gasteiger partial charge in [0.25, 0.3) is 5.69 Å². The van der Waals surface area contributed by atoms with Crippen LogP contribution in [0.2, 0.25) is 0 Å². The van der Waals surface area contributed by atoms with Gasteiger partial charge in [-0.15, -0.1) is 0 Å². The minimum atomic E-state index is -0.404. The molecule has 1 aliphatic heterocycles. The van der Waals surface area contributed by atoms with Gasteiger partial charge in [0.1, 0.15) is 11.9 Å². The first-order valence-electron chi connectivity index (χ1n) is 5.09. The summed E-state index contributed by atoms with van der Waals surface area (Å²) in [6, 6.07) is 6.55. The zero-order valence-corrected chi connectivity index (χ0v) is 8.68. The summed E-state index contributed by atoms with van der Waals surface area (Å²) in [5, 5.41) is 16.9. The molecule has 6 heteroatoms. The van der Waals surface area contributed by atoms with Crippen molar-refractivity contribution >= 4 is 11.4 Å². The van der Waals surface area contributed by atoms with Crippen molar-refractivity contribution in [3.05, 3.63) is 34.4 Å². The average Bonchev–Trinajstić information content (AvgIpc) is 2.31. The minimum absolute atomic E-state index is 0.0664. The van der Waals surface area contributed by atoms with Gasteiger partial charge in [0.05, 0.1) is 11.5 Å². The fourth-order valence-corrected chi connectivity index (χ4v) is 1.59. The summed E-state index contributed by atoms with van der Waals surface area (Å²) in [4.78, 5) is 10.4. The van der Waals surface area contributed by atoms with E-state index in [0.717, 1.165) is 6.54 Å². The highest BCUT2D eigenvalue weighted by Crippen LogP contribution is 2.24. The summed E-state index contributed by atoms with van der Waals surface area (Å²) in [6.07, 6.45) is -0.213. The second-order valence-electron chi connectivity index (χ2n) is 3.48. The summed E-state index contributed by atoms with van der Waals surface area (Å²) in [7, 11) is 0. The second-order valence-corrected chi connectivity index (χ2v) is 3.48. The summed E-state index contributed by atoms with van der Waals surface area (Å²) in [5.74, 6) is 0. The third kappa shape index (κ3) is 2.47. The van der Waals surface area contributed by atoms with Crippen LogP contribution in [-0.2, 0) is 4.74 Å².